The van der Waals surface area contributed by atoms with Gasteiger partial charge in [0.1, 0.15) is 10.8 Å². The molecule has 10 heteroatoms. The molecule has 0 heterocycles. The van der Waals surface area contributed by atoms with Crippen LogP contribution in [0.4, 0.5) is 30.7 Å². The van der Waals surface area contributed by atoms with Crippen molar-refractivity contribution in [1.29, 1.82) is 0 Å². The fraction of sp³-hybridized carbons (Fsp3) is 0.364. The van der Waals surface area contributed by atoms with Crippen LogP contribution in [0.2, 0.25) is 0 Å². The molecule has 0 unspecified atom stereocenters. The normalized spacial score (nSPS) is 12.8. The third kappa shape index (κ3) is 4.81. The van der Waals surface area contributed by atoms with E-state index in [-0.39, 0.29) is 10.6 Å². The van der Waals surface area contributed by atoms with E-state index in [1.54, 1.807) is 0 Å². The molecule has 0 atom stereocenters. The molecular formula is C11H8F7NOS. The minimum Gasteiger partial charge on any atom is -0.389 e. The summed E-state index contributed by atoms with van der Waals surface area (Å²) >= 11 is 4.57. The van der Waals surface area contributed by atoms with Gasteiger partial charge in [-0.15, -0.1) is 0 Å². The standard InChI is InChI=1S/C11H8F7NOS/c12-7-2-1-5(8(19)21)3-6(7)4-20-9(10(13,14)15)11(16,17)18/h1-3,9H,4H2,(H2,19,21). The molecule has 0 radical (unpaired) electrons. The Labute approximate surface area is 119 Å². The molecule has 1 aromatic carbocycles. The van der Waals surface area contributed by atoms with Gasteiger partial charge in [-0.05, 0) is 18.2 Å². The van der Waals surface area contributed by atoms with Gasteiger partial charge in [0.05, 0.1) is 6.61 Å². The lowest BCUT2D eigenvalue weighted by molar-refractivity contribution is -0.324. The summed E-state index contributed by atoms with van der Waals surface area (Å²) in [5.74, 6) is -1.03. The van der Waals surface area contributed by atoms with Crippen molar-refractivity contribution in [2.45, 2.75) is 25.1 Å². The quantitative estimate of drug-likeness (QED) is 0.676. The first-order chi connectivity index (χ1) is 9.43. The van der Waals surface area contributed by atoms with Crippen LogP contribution in [-0.2, 0) is 11.3 Å². The van der Waals surface area contributed by atoms with Gasteiger partial charge in [-0.1, -0.05) is 12.2 Å². The summed E-state index contributed by atoms with van der Waals surface area (Å²) in [5.41, 5.74) is 4.82. The molecule has 2 N–H and O–H groups in total. The zero-order chi connectivity index (χ0) is 16.4. The predicted molar refractivity (Wildman–Crippen MR) is 63.0 cm³/mol. The monoisotopic (exact) mass is 335 g/mol. The van der Waals surface area contributed by atoms with Gasteiger partial charge in [0.2, 0.25) is 6.10 Å². The number of benzene rings is 1. The topological polar surface area (TPSA) is 35.2 Å². The number of ether oxygens (including phenoxy) is 1. The molecule has 0 aliphatic rings. The Morgan fingerprint density at radius 1 is 1.14 bits per heavy atom. The largest absolute Gasteiger partial charge is 0.423 e. The number of hydrogen-bond donors (Lipinski definition) is 1. The van der Waals surface area contributed by atoms with Gasteiger partial charge in [0, 0.05) is 11.1 Å². The minimum atomic E-state index is -5.66. The second-order valence-electron chi connectivity index (χ2n) is 3.94. The first-order valence-corrected chi connectivity index (χ1v) is 5.67. The summed E-state index contributed by atoms with van der Waals surface area (Å²) in [6.45, 7) is -1.23. The Hall–Kier alpha value is -1.42. The van der Waals surface area contributed by atoms with E-state index in [1.807, 2.05) is 0 Å². The van der Waals surface area contributed by atoms with Crippen molar-refractivity contribution in [1.82, 2.24) is 0 Å². The predicted octanol–water partition coefficient (Wildman–Crippen LogP) is 3.47. The molecule has 0 bridgehead atoms. The maximum atomic E-state index is 13.3. The lowest BCUT2D eigenvalue weighted by atomic mass is 10.1. The molecule has 0 aliphatic carbocycles. The van der Waals surface area contributed by atoms with Gasteiger partial charge in [-0.2, -0.15) is 26.3 Å². The number of alkyl halides is 6. The van der Waals surface area contributed by atoms with Crippen LogP contribution in [0.1, 0.15) is 11.1 Å². The van der Waals surface area contributed by atoms with Crippen LogP contribution in [-0.4, -0.2) is 23.4 Å². The fourth-order valence-electron chi connectivity index (χ4n) is 1.39. The van der Waals surface area contributed by atoms with E-state index in [0.717, 1.165) is 18.2 Å². The zero-order valence-corrected chi connectivity index (χ0v) is 10.9. The molecular weight excluding hydrogens is 327 g/mol. The molecule has 1 aromatic rings. The number of thiocarbonyl (C=S) groups is 1. The highest BCUT2D eigenvalue weighted by molar-refractivity contribution is 7.80. The summed E-state index contributed by atoms with van der Waals surface area (Å²) < 4.78 is 90.6. The van der Waals surface area contributed by atoms with Crippen LogP contribution in [0.3, 0.4) is 0 Å². The maximum Gasteiger partial charge on any atom is 0.423 e. The third-order valence-electron chi connectivity index (χ3n) is 2.33. The molecule has 0 aromatic heterocycles. The van der Waals surface area contributed by atoms with Crippen molar-refractivity contribution in [2.75, 3.05) is 0 Å². The van der Waals surface area contributed by atoms with Crippen molar-refractivity contribution in [3.05, 3.63) is 35.1 Å². The Kier molecular flexibility index (Phi) is 5.16. The Morgan fingerprint density at radius 3 is 2.10 bits per heavy atom. The molecule has 2 nitrogen and oxygen atoms in total. The van der Waals surface area contributed by atoms with Gasteiger partial charge in [-0.3, -0.25) is 0 Å². The highest BCUT2D eigenvalue weighted by Crippen LogP contribution is 2.36. The van der Waals surface area contributed by atoms with Crippen LogP contribution in [0, 0.1) is 5.82 Å². The lowest BCUT2D eigenvalue weighted by Crippen LogP contribution is -2.44. The van der Waals surface area contributed by atoms with Crippen LogP contribution >= 0.6 is 12.2 Å². The van der Waals surface area contributed by atoms with Crippen LogP contribution in [0.15, 0.2) is 18.2 Å². The number of hydrogen-bond acceptors (Lipinski definition) is 2. The van der Waals surface area contributed by atoms with Crippen LogP contribution in [0.25, 0.3) is 0 Å². The minimum absolute atomic E-state index is 0.0977. The van der Waals surface area contributed by atoms with Crippen LogP contribution in [0.5, 0.6) is 0 Å². The van der Waals surface area contributed by atoms with E-state index in [0.29, 0.717) is 0 Å². The summed E-state index contributed by atoms with van der Waals surface area (Å²) in [6, 6.07) is 2.90. The number of halogens is 7. The van der Waals surface area contributed by atoms with E-state index in [9.17, 15) is 30.7 Å². The maximum absolute atomic E-state index is 13.3. The number of rotatable bonds is 4. The first-order valence-electron chi connectivity index (χ1n) is 5.26. The zero-order valence-electron chi connectivity index (χ0n) is 10.1. The number of nitrogens with two attached hydrogens (primary N) is 1. The molecule has 21 heavy (non-hydrogen) atoms. The second-order valence-corrected chi connectivity index (χ2v) is 4.38. The third-order valence-corrected chi connectivity index (χ3v) is 2.57. The molecule has 0 saturated heterocycles. The van der Waals surface area contributed by atoms with E-state index in [1.165, 1.54) is 0 Å². The van der Waals surface area contributed by atoms with E-state index in [4.69, 9.17) is 5.73 Å². The molecule has 1 rings (SSSR count). The molecule has 0 fully saturated rings. The highest BCUT2D eigenvalue weighted by Gasteiger charge is 2.58. The van der Waals surface area contributed by atoms with Crippen molar-refractivity contribution in [2.24, 2.45) is 5.73 Å². The van der Waals surface area contributed by atoms with Gasteiger partial charge in [0.25, 0.3) is 0 Å². The highest BCUT2D eigenvalue weighted by atomic mass is 32.1. The van der Waals surface area contributed by atoms with E-state index >= 15 is 0 Å². The molecule has 0 amide bonds. The Morgan fingerprint density at radius 2 is 1.67 bits per heavy atom. The van der Waals surface area contributed by atoms with Crippen molar-refractivity contribution in [3.8, 4) is 0 Å². The van der Waals surface area contributed by atoms with Crippen LogP contribution < -0.4 is 5.73 Å². The van der Waals surface area contributed by atoms with Crippen molar-refractivity contribution in [3.63, 3.8) is 0 Å². The fourth-order valence-corrected chi connectivity index (χ4v) is 1.51. The molecule has 0 spiro atoms. The van der Waals surface area contributed by atoms with Gasteiger partial charge < -0.3 is 10.5 Å². The van der Waals surface area contributed by atoms with E-state index < -0.39 is 36.4 Å². The van der Waals surface area contributed by atoms with E-state index in [2.05, 4.69) is 17.0 Å². The van der Waals surface area contributed by atoms with Crippen molar-refractivity contribution < 1.29 is 35.5 Å². The summed E-state index contributed by atoms with van der Waals surface area (Å²) in [5, 5.41) is 0. The molecule has 118 valence electrons. The van der Waals surface area contributed by atoms with Gasteiger partial charge in [-0.25, -0.2) is 4.39 Å². The average Bonchev–Trinajstić information content (AvgIpc) is 2.27. The van der Waals surface area contributed by atoms with Gasteiger partial charge in [0.15, 0.2) is 0 Å². The first kappa shape index (κ1) is 17.6. The lowest BCUT2D eigenvalue weighted by Gasteiger charge is -2.23. The SMILES string of the molecule is NC(=S)c1ccc(F)c(COC(C(F)(F)F)C(F)(F)F)c1. The Bertz CT molecular complexity index is 512. The second kappa shape index (κ2) is 6.14. The summed E-state index contributed by atoms with van der Waals surface area (Å²) in [4.78, 5) is -0.181. The summed E-state index contributed by atoms with van der Waals surface area (Å²) in [7, 11) is 0. The smallest absolute Gasteiger partial charge is 0.389 e. The summed E-state index contributed by atoms with van der Waals surface area (Å²) in [6.07, 6.45) is -15.3. The average molecular weight is 335 g/mol. The molecule has 0 saturated carbocycles. The van der Waals surface area contributed by atoms with Crippen molar-refractivity contribution >= 4 is 17.2 Å². The molecule has 0 aliphatic heterocycles. The van der Waals surface area contributed by atoms with Gasteiger partial charge >= 0.3 is 12.4 Å². The Balaban J connectivity index is 2.96.